The third kappa shape index (κ3) is 3.14. The lowest BCUT2D eigenvalue weighted by atomic mass is 10.1. The molecule has 0 saturated carbocycles. The zero-order valence-corrected chi connectivity index (χ0v) is 12.1. The number of hydrogen-bond donors (Lipinski definition) is 1. The van der Waals surface area contributed by atoms with Crippen molar-refractivity contribution in [2.24, 2.45) is 5.73 Å². The molecule has 0 aromatic carbocycles. The van der Waals surface area contributed by atoms with Crippen molar-refractivity contribution in [2.75, 3.05) is 6.54 Å². The highest BCUT2D eigenvalue weighted by molar-refractivity contribution is 7.07. The first kappa shape index (κ1) is 14.5. The van der Waals surface area contributed by atoms with Gasteiger partial charge in [0.05, 0.1) is 13.1 Å². The topological polar surface area (TPSA) is 68.2 Å². The summed E-state index contributed by atoms with van der Waals surface area (Å²) >= 11 is 1.75. The van der Waals surface area contributed by atoms with Crippen LogP contribution < -0.4 is 5.73 Å². The van der Waals surface area contributed by atoms with Crippen molar-refractivity contribution in [1.82, 2.24) is 15.0 Å². The number of nitrogens with zero attached hydrogens (tertiary/aromatic N) is 3. The molecule has 1 saturated heterocycles. The summed E-state index contributed by atoms with van der Waals surface area (Å²) in [5.41, 5.74) is 6.87. The van der Waals surface area contributed by atoms with Crippen molar-refractivity contribution in [3.63, 3.8) is 0 Å². The Morgan fingerprint density at radius 2 is 2.42 bits per heavy atom. The van der Waals surface area contributed by atoms with E-state index in [0.29, 0.717) is 18.5 Å². The SMILES string of the molecule is Cl.NCc1nc(CN2CCCC2c2ccsc2)no1. The number of aromatic nitrogens is 2. The molecule has 0 aliphatic carbocycles. The highest BCUT2D eigenvalue weighted by Crippen LogP contribution is 2.33. The van der Waals surface area contributed by atoms with Gasteiger partial charge in [-0.1, -0.05) is 5.16 Å². The third-order valence-corrected chi connectivity index (χ3v) is 4.02. The van der Waals surface area contributed by atoms with Crippen LogP contribution in [0, 0.1) is 0 Å². The zero-order valence-electron chi connectivity index (χ0n) is 10.5. The van der Waals surface area contributed by atoms with E-state index in [0.717, 1.165) is 18.9 Å². The zero-order chi connectivity index (χ0) is 12.4. The molecule has 1 aliphatic rings. The molecule has 1 aliphatic heterocycles. The van der Waals surface area contributed by atoms with Gasteiger partial charge in [0.1, 0.15) is 0 Å². The summed E-state index contributed by atoms with van der Waals surface area (Å²) in [6, 6.07) is 2.70. The van der Waals surface area contributed by atoms with Crippen LogP contribution in [0.2, 0.25) is 0 Å². The molecular formula is C12H17ClN4OS. The Morgan fingerprint density at radius 1 is 1.53 bits per heavy atom. The molecule has 3 rings (SSSR count). The van der Waals surface area contributed by atoms with Gasteiger partial charge in [-0.2, -0.15) is 16.3 Å². The monoisotopic (exact) mass is 300 g/mol. The minimum Gasteiger partial charge on any atom is -0.338 e. The summed E-state index contributed by atoms with van der Waals surface area (Å²) in [7, 11) is 0. The molecule has 104 valence electrons. The van der Waals surface area contributed by atoms with E-state index in [1.807, 2.05) is 0 Å². The van der Waals surface area contributed by atoms with Crippen LogP contribution in [0.1, 0.15) is 36.2 Å². The Bertz CT molecular complexity index is 502. The van der Waals surface area contributed by atoms with E-state index in [-0.39, 0.29) is 12.4 Å². The molecule has 2 aromatic rings. The van der Waals surface area contributed by atoms with Gasteiger partial charge in [0, 0.05) is 6.04 Å². The van der Waals surface area contributed by atoms with Gasteiger partial charge in [-0.3, -0.25) is 4.90 Å². The van der Waals surface area contributed by atoms with Crippen molar-refractivity contribution >= 4 is 23.7 Å². The quantitative estimate of drug-likeness (QED) is 0.938. The van der Waals surface area contributed by atoms with Gasteiger partial charge in [0.25, 0.3) is 0 Å². The second-order valence-electron chi connectivity index (χ2n) is 4.49. The molecule has 1 fully saturated rings. The molecule has 19 heavy (non-hydrogen) atoms. The van der Waals surface area contributed by atoms with Crippen LogP contribution in [0.5, 0.6) is 0 Å². The maximum absolute atomic E-state index is 5.47. The van der Waals surface area contributed by atoms with Crippen LogP contribution in [0.3, 0.4) is 0 Å². The molecule has 0 radical (unpaired) electrons. The second kappa shape index (κ2) is 6.47. The Balaban J connectivity index is 0.00000133. The first-order chi connectivity index (χ1) is 8.86. The molecule has 2 aromatic heterocycles. The fourth-order valence-electron chi connectivity index (χ4n) is 2.48. The third-order valence-electron chi connectivity index (χ3n) is 3.32. The van der Waals surface area contributed by atoms with E-state index in [4.69, 9.17) is 10.3 Å². The Morgan fingerprint density at radius 3 is 3.11 bits per heavy atom. The highest BCUT2D eigenvalue weighted by atomic mass is 35.5. The molecule has 0 bridgehead atoms. The Labute approximate surface area is 122 Å². The van der Waals surface area contributed by atoms with E-state index < -0.39 is 0 Å². The maximum Gasteiger partial charge on any atom is 0.240 e. The average Bonchev–Trinajstić information content (AvgIpc) is 3.09. The highest BCUT2D eigenvalue weighted by Gasteiger charge is 2.27. The minimum atomic E-state index is 0. The van der Waals surface area contributed by atoms with Gasteiger partial charge in [-0.25, -0.2) is 0 Å². The molecule has 0 amide bonds. The van der Waals surface area contributed by atoms with Crippen molar-refractivity contribution < 1.29 is 4.52 Å². The van der Waals surface area contributed by atoms with Crippen molar-refractivity contribution in [3.05, 3.63) is 34.1 Å². The predicted molar refractivity (Wildman–Crippen MR) is 76.1 cm³/mol. The number of likely N-dealkylation sites (tertiary alicyclic amines) is 1. The molecular weight excluding hydrogens is 284 g/mol. The Kier molecular flexibility index (Phi) is 4.93. The number of thiophene rings is 1. The first-order valence-corrected chi connectivity index (χ1v) is 7.09. The number of halogens is 1. The summed E-state index contributed by atoms with van der Waals surface area (Å²) in [5, 5.41) is 8.32. The van der Waals surface area contributed by atoms with Gasteiger partial charge in [-0.15, -0.1) is 12.4 Å². The van der Waals surface area contributed by atoms with Crippen LogP contribution in [-0.2, 0) is 13.1 Å². The molecule has 2 N–H and O–H groups in total. The van der Waals surface area contributed by atoms with Crippen molar-refractivity contribution in [1.29, 1.82) is 0 Å². The number of nitrogens with two attached hydrogens (primary N) is 1. The van der Waals surface area contributed by atoms with E-state index in [1.54, 1.807) is 11.3 Å². The van der Waals surface area contributed by atoms with Crippen molar-refractivity contribution in [2.45, 2.75) is 32.0 Å². The van der Waals surface area contributed by atoms with Gasteiger partial charge >= 0.3 is 0 Å². The normalized spacial score (nSPS) is 19.5. The van der Waals surface area contributed by atoms with Crippen LogP contribution in [0.25, 0.3) is 0 Å². The van der Waals surface area contributed by atoms with E-state index in [9.17, 15) is 0 Å². The summed E-state index contributed by atoms with van der Waals surface area (Å²) in [6.45, 7) is 2.14. The summed E-state index contributed by atoms with van der Waals surface area (Å²) in [6.07, 6.45) is 2.43. The standard InChI is InChI=1S/C12H16N4OS.ClH/c13-6-12-14-11(15-17-12)7-16-4-1-2-10(16)9-3-5-18-8-9;/h3,5,8,10H,1-2,4,6-7,13H2;1H. The minimum absolute atomic E-state index is 0. The van der Waals surface area contributed by atoms with Crippen LogP contribution in [0.4, 0.5) is 0 Å². The fourth-order valence-corrected chi connectivity index (χ4v) is 3.18. The Hall–Kier alpha value is -0.950. The van der Waals surface area contributed by atoms with Crippen molar-refractivity contribution in [3.8, 4) is 0 Å². The van der Waals surface area contributed by atoms with E-state index in [1.165, 1.54) is 18.4 Å². The van der Waals surface area contributed by atoms with Gasteiger partial charge in [-0.05, 0) is 41.8 Å². The first-order valence-electron chi connectivity index (χ1n) is 6.14. The van der Waals surface area contributed by atoms with Gasteiger partial charge in [0.15, 0.2) is 5.82 Å². The van der Waals surface area contributed by atoms with Gasteiger partial charge < -0.3 is 10.3 Å². The molecule has 1 atom stereocenters. The maximum atomic E-state index is 5.47. The van der Waals surface area contributed by atoms with Crippen LogP contribution >= 0.6 is 23.7 Å². The molecule has 7 heteroatoms. The predicted octanol–water partition coefficient (Wildman–Crippen LogP) is 2.35. The molecule has 0 spiro atoms. The number of rotatable bonds is 4. The van der Waals surface area contributed by atoms with Crippen LogP contribution in [-0.4, -0.2) is 21.6 Å². The van der Waals surface area contributed by atoms with Crippen LogP contribution in [0.15, 0.2) is 21.3 Å². The summed E-state index contributed by atoms with van der Waals surface area (Å²) in [5.74, 6) is 1.24. The molecule has 3 heterocycles. The van der Waals surface area contributed by atoms with E-state index in [2.05, 4.69) is 31.9 Å². The summed E-state index contributed by atoms with van der Waals surface area (Å²) < 4.78 is 5.04. The lowest BCUT2D eigenvalue weighted by Crippen LogP contribution is -2.23. The molecule has 1 unspecified atom stereocenters. The van der Waals surface area contributed by atoms with Gasteiger partial charge in [0.2, 0.25) is 5.89 Å². The van der Waals surface area contributed by atoms with E-state index >= 15 is 0 Å². The smallest absolute Gasteiger partial charge is 0.240 e. The summed E-state index contributed by atoms with van der Waals surface area (Å²) in [4.78, 5) is 6.68. The largest absolute Gasteiger partial charge is 0.338 e. The lowest BCUT2D eigenvalue weighted by Gasteiger charge is -2.22. The second-order valence-corrected chi connectivity index (χ2v) is 5.27. The fraction of sp³-hybridized carbons (Fsp3) is 0.500. The average molecular weight is 301 g/mol. The lowest BCUT2D eigenvalue weighted by molar-refractivity contribution is 0.238. The molecule has 5 nitrogen and oxygen atoms in total. The number of hydrogen-bond acceptors (Lipinski definition) is 6.